The Morgan fingerprint density at radius 1 is 1.33 bits per heavy atom. The van der Waals surface area contributed by atoms with Crippen molar-refractivity contribution in [3.63, 3.8) is 0 Å². The highest BCUT2D eigenvalue weighted by Crippen LogP contribution is 2.16. The molecule has 0 aliphatic carbocycles. The van der Waals surface area contributed by atoms with Crippen LogP contribution in [-0.4, -0.2) is 17.8 Å². The molecule has 2 nitrogen and oxygen atoms in total. The van der Waals surface area contributed by atoms with Gasteiger partial charge in [0.2, 0.25) is 0 Å². The quantitative estimate of drug-likeness (QED) is 0.704. The van der Waals surface area contributed by atoms with E-state index in [1.165, 1.54) is 0 Å². The van der Waals surface area contributed by atoms with Crippen LogP contribution in [0.15, 0.2) is 30.3 Å². The molecule has 1 aromatic rings. The second-order valence-corrected chi connectivity index (χ2v) is 3.06. The zero-order valence-corrected chi connectivity index (χ0v) is 7.27. The van der Waals surface area contributed by atoms with Crippen LogP contribution in [0, 0.1) is 0 Å². The SMILES string of the molecule is CC(N)C(CO)c1ccccc1. The van der Waals surface area contributed by atoms with E-state index >= 15 is 0 Å². The molecule has 0 fully saturated rings. The van der Waals surface area contributed by atoms with E-state index in [0.717, 1.165) is 5.56 Å². The average Bonchev–Trinajstić information content (AvgIpc) is 2.07. The second kappa shape index (κ2) is 4.24. The van der Waals surface area contributed by atoms with Crippen molar-refractivity contribution in [1.29, 1.82) is 0 Å². The highest BCUT2D eigenvalue weighted by atomic mass is 16.3. The Hall–Kier alpha value is -0.860. The molecule has 2 unspecified atom stereocenters. The Labute approximate surface area is 73.0 Å². The zero-order chi connectivity index (χ0) is 8.97. The fourth-order valence-corrected chi connectivity index (χ4v) is 1.28. The molecule has 0 saturated heterocycles. The lowest BCUT2D eigenvalue weighted by Gasteiger charge is -2.18. The van der Waals surface area contributed by atoms with Crippen molar-refractivity contribution in [3.8, 4) is 0 Å². The lowest BCUT2D eigenvalue weighted by atomic mass is 9.94. The largest absolute Gasteiger partial charge is 0.396 e. The van der Waals surface area contributed by atoms with Gasteiger partial charge in [0, 0.05) is 12.0 Å². The van der Waals surface area contributed by atoms with Crippen molar-refractivity contribution in [1.82, 2.24) is 0 Å². The molecule has 2 heteroatoms. The van der Waals surface area contributed by atoms with Crippen molar-refractivity contribution >= 4 is 0 Å². The highest BCUT2D eigenvalue weighted by molar-refractivity contribution is 5.20. The maximum Gasteiger partial charge on any atom is 0.0514 e. The third-order valence-electron chi connectivity index (χ3n) is 2.06. The van der Waals surface area contributed by atoms with Gasteiger partial charge in [-0.1, -0.05) is 30.3 Å². The summed E-state index contributed by atoms with van der Waals surface area (Å²) in [6.07, 6.45) is 0. The van der Waals surface area contributed by atoms with Gasteiger partial charge in [-0.25, -0.2) is 0 Å². The van der Waals surface area contributed by atoms with Crippen LogP contribution in [0.25, 0.3) is 0 Å². The van der Waals surface area contributed by atoms with Crippen LogP contribution in [0.5, 0.6) is 0 Å². The van der Waals surface area contributed by atoms with Crippen molar-refractivity contribution < 1.29 is 5.11 Å². The van der Waals surface area contributed by atoms with Crippen LogP contribution in [0.1, 0.15) is 18.4 Å². The molecule has 66 valence electrons. The summed E-state index contributed by atoms with van der Waals surface area (Å²) in [6, 6.07) is 9.85. The lowest BCUT2D eigenvalue weighted by molar-refractivity contribution is 0.252. The first-order chi connectivity index (χ1) is 5.75. The maximum atomic E-state index is 9.07. The van der Waals surface area contributed by atoms with Gasteiger partial charge < -0.3 is 10.8 Å². The molecule has 0 heterocycles. The van der Waals surface area contributed by atoms with E-state index in [2.05, 4.69) is 0 Å². The standard InChI is InChI=1S/C10H15NO/c1-8(11)10(7-12)9-5-3-2-4-6-9/h2-6,8,10,12H,7,11H2,1H3. The fraction of sp³-hybridized carbons (Fsp3) is 0.400. The van der Waals surface area contributed by atoms with Gasteiger partial charge in [-0.2, -0.15) is 0 Å². The summed E-state index contributed by atoms with van der Waals surface area (Å²) < 4.78 is 0. The van der Waals surface area contributed by atoms with E-state index in [1.54, 1.807) is 0 Å². The molecule has 0 bridgehead atoms. The van der Waals surface area contributed by atoms with E-state index in [-0.39, 0.29) is 18.6 Å². The van der Waals surface area contributed by atoms with Gasteiger partial charge in [-0.3, -0.25) is 0 Å². The van der Waals surface area contributed by atoms with Gasteiger partial charge in [-0.15, -0.1) is 0 Å². The number of aliphatic hydroxyl groups is 1. The number of rotatable bonds is 3. The minimum Gasteiger partial charge on any atom is -0.396 e. The molecular formula is C10H15NO. The van der Waals surface area contributed by atoms with Crippen LogP contribution in [0.4, 0.5) is 0 Å². The molecule has 2 atom stereocenters. The monoisotopic (exact) mass is 165 g/mol. The van der Waals surface area contributed by atoms with E-state index < -0.39 is 0 Å². The Kier molecular flexibility index (Phi) is 3.26. The van der Waals surface area contributed by atoms with Gasteiger partial charge in [0.05, 0.1) is 6.61 Å². The summed E-state index contributed by atoms with van der Waals surface area (Å²) in [5.41, 5.74) is 6.83. The molecule has 0 saturated carbocycles. The first kappa shape index (κ1) is 9.23. The van der Waals surface area contributed by atoms with Crippen LogP contribution in [-0.2, 0) is 0 Å². The molecule has 1 aromatic carbocycles. The molecule has 0 amide bonds. The number of benzene rings is 1. The topological polar surface area (TPSA) is 46.2 Å². The molecular weight excluding hydrogens is 150 g/mol. The Morgan fingerprint density at radius 3 is 2.33 bits per heavy atom. The van der Waals surface area contributed by atoms with E-state index in [1.807, 2.05) is 37.3 Å². The Bertz CT molecular complexity index is 221. The molecule has 0 aliphatic rings. The number of aliphatic hydroxyl groups excluding tert-OH is 1. The minimum atomic E-state index is -0.00241. The second-order valence-electron chi connectivity index (χ2n) is 3.06. The molecule has 0 radical (unpaired) electrons. The summed E-state index contributed by atoms with van der Waals surface area (Å²) >= 11 is 0. The zero-order valence-electron chi connectivity index (χ0n) is 7.27. The molecule has 0 spiro atoms. The molecule has 3 N–H and O–H groups in total. The third kappa shape index (κ3) is 2.06. The first-order valence-electron chi connectivity index (χ1n) is 4.17. The first-order valence-corrected chi connectivity index (χ1v) is 4.17. The molecule has 12 heavy (non-hydrogen) atoms. The normalized spacial score (nSPS) is 15.6. The van der Waals surface area contributed by atoms with Gasteiger partial charge in [-0.05, 0) is 12.5 Å². The van der Waals surface area contributed by atoms with Gasteiger partial charge in [0.1, 0.15) is 0 Å². The van der Waals surface area contributed by atoms with Gasteiger partial charge in [0.15, 0.2) is 0 Å². The van der Waals surface area contributed by atoms with Crippen LogP contribution in [0.2, 0.25) is 0 Å². The summed E-state index contributed by atoms with van der Waals surface area (Å²) in [5, 5.41) is 9.07. The summed E-state index contributed by atoms with van der Waals surface area (Å²) in [4.78, 5) is 0. The van der Waals surface area contributed by atoms with E-state index in [0.29, 0.717) is 0 Å². The minimum absolute atomic E-state index is 0.00241. The number of nitrogens with two attached hydrogens (primary N) is 1. The third-order valence-corrected chi connectivity index (χ3v) is 2.06. The maximum absolute atomic E-state index is 9.07. The highest BCUT2D eigenvalue weighted by Gasteiger charge is 2.13. The number of hydrogen-bond acceptors (Lipinski definition) is 2. The average molecular weight is 165 g/mol. The fourth-order valence-electron chi connectivity index (χ4n) is 1.28. The molecule has 0 aliphatic heterocycles. The molecule has 0 aromatic heterocycles. The van der Waals surface area contributed by atoms with Crippen molar-refractivity contribution in [2.24, 2.45) is 5.73 Å². The summed E-state index contributed by atoms with van der Waals surface area (Å²) in [6.45, 7) is 2.02. The van der Waals surface area contributed by atoms with Crippen LogP contribution in [0.3, 0.4) is 0 Å². The summed E-state index contributed by atoms with van der Waals surface area (Å²) in [7, 11) is 0. The smallest absolute Gasteiger partial charge is 0.0514 e. The summed E-state index contributed by atoms with van der Waals surface area (Å²) in [5.74, 6) is 0.0613. The Balaban J connectivity index is 2.80. The lowest BCUT2D eigenvalue weighted by Crippen LogP contribution is -2.27. The predicted octanol–water partition coefficient (Wildman–Crippen LogP) is 1.11. The Morgan fingerprint density at radius 2 is 1.92 bits per heavy atom. The van der Waals surface area contributed by atoms with Crippen LogP contribution >= 0.6 is 0 Å². The number of hydrogen-bond donors (Lipinski definition) is 2. The van der Waals surface area contributed by atoms with Crippen molar-refractivity contribution in [3.05, 3.63) is 35.9 Å². The van der Waals surface area contributed by atoms with E-state index in [9.17, 15) is 0 Å². The van der Waals surface area contributed by atoms with Gasteiger partial charge >= 0.3 is 0 Å². The van der Waals surface area contributed by atoms with Crippen molar-refractivity contribution in [2.45, 2.75) is 18.9 Å². The molecule has 1 rings (SSSR count). The van der Waals surface area contributed by atoms with E-state index in [4.69, 9.17) is 10.8 Å². The predicted molar refractivity (Wildman–Crippen MR) is 49.9 cm³/mol. The van der Waals surface area contributed by atoms with Crippen molar-refractivity contribution in [2.75, 3.05) is 6.61 Å². The van der Waals surface area contributed by atoms with Gasteiger partial charge in [0.25, 0.3) is 0 Å². The van der Waals surface area contributed by atoms with Crippen LogP contribution < -0.4 is 5.73 Å².